The van der Waals surface area contributed by atoms with Gasteiger partial charge in [-0.05, 0) is 170 Å². The van der Waals surface area contributed by atoms with Crippen LogP contribution in [-0.2, 0) is 5.41 Å². The third kappa shape index (κ3) is 6.53. The van der Waals surface area contributed by atoms with E-state index in [0.29, 0.717) is 0 Å². The molecular formula is C67H44N2O2. The number of anilines is 6. The second kappa shape index (κ2) is 16.4. The van der Waals surface area contributed by atoms with Gasteiger partial charge in [0.1, 0.15) is 0 Å². The van der Waals surface area contributed by atoms with Crippen molar-refractivity contribution in [3.05, 3.63) is 289 Å². The van der Waals surface area contributed by atoms with Gasteiger partial charge in [0.05, 0.1) is 5.41 Å². The quantitative estimate of drug-likeness (QED) is 0.152. The molecule has 2 aliphatic carbocycles. The smallest absolute Gasteiger partial charge is 0.170 e. The number of hydrogen-bond donors (Lipinski definition) is 0. The molecule has 0 bridgehead atoms. The molecule has 4 nitrogen and oxygen atoms in total. The Morgan fingerprint density at radius 1 is 0.225 bits per heavy atom. The first-order chi connectivity index (χ1) is 35.2. The van der Waals surface area contributed by atoms with Crippen LogP contribution in [0.25, 0.3) is 44.5 Å². The van der Waals surface area contributed by atoms with E-state index in [1.165, 1.54) is 50.1 Å². The van der Waals surface area contributed by atoms with E-state index >= 15 is 0 Å². The van der Waals surface area contributed by atoms with Crippen molar-refractivity contribution in [2.75, 3.05) is 9.80 Å². The van der Waals surface area contributed by atoms with Gasteiger partial charge in [0, 0.05) is 34.1 Å². The summed E-state index contributed by atoms with van der Waals surface area (Å²) in [5.41, 5.74) is 20.5. The molecule has 0 N–H and O–H groups in total. The minimum absolute atomic E-state index is 0.527. The number of fused-ring (bicyclic) bond motifs is 12. The third-order valence-corrected chi connectivity index (χ3v) is 14.5. The van der Waals surface area contributed by atoms with Gasteiger partial charge in [-0.2, -0.15) is 0 Å². The largest absolute Gasteiger partial charge is 0.450 e. The van der Waals surface area contributed by atoms with E-state index in [2.05, 4.69) is 252 Å². The van der Waals surface area contributed by atoms with E-state index in [9.17, 15) is 0 Å². The first-order valence-corrected chi connectivity index (χ1v) is 24.2. The summed E-state index contributed by atoms with van der Waals surface area (Å²) in [6.45, 7) is 0. The molecule has 4 heteroatoms. The SMILES string of the molecule is c1ccc(-c2ccc(N(c3ccc(-c4ccc5c(c4)-c4cc6c(cc4C54c5ccccc5-c5ccccc54)Oc4ccccc4O6)cc3)c3ccc(N(c4ccccc4)c4ccccc4)cc3)cc2)cc1. The highest BCUT2D eigenvalue weighted by Gasteiger charge is 2.52. The molecule has 0 aromatic heterocycles. The Bertz CT molecular complexity index is 3710. The van der Waals surface area contributed by atoms with E-state index in [-0.39, 0.29) is 0 Å². The van der Waals surface area contributed by atoms with E-state index in [4.69, 9.17) is 9.47 Å². The molecule has 334 valence electrons. The van der Waals surface area contributed by atoms with Gasteiger partial charge in [0.25, 0.3) is 0 Å². The Morgan fingerprint density at radius 3 is 1.10 bits per heavy atom. The molecule has 0 fully saturated rings. The van der Waals surface area contributed by atoms with Crippen LogP contribution in [0.1, 0.15) is 22.3 Å². The van der Waals surface area contributed by atoms with Gasteiger partial charge < -0.3 is 19.3 Å². The molecule has 0 radical (unpaired) electrons. The molecule has 11 aromatic rings. The molecule has 0 amide bonds. The fraction of sp³-hybridized carbons (Fsp3) is 0.0149. The van der Waals surface area contributed by atoms with Crippen LogP contribution in [0.2, 0.25) is 0 Å². The summed E-state index contributed by atoms with van der Waals surface area (Å²) >= 11 is 0. The standard InChI is InChI=1S/C67H44N2O2/c1-4-16-45(17-5-1)46-28-33-51(34-29-46)69(54-39-37-53(38-40-54)68(49-18-6-2-7-19-49)50-20-8-3-9-21-50)52-35-30-47(31-36-52)48-32-41-61-57(42-48)58-43-65-66(71-64-27-15-14-26-63(64)70-65)44-62(58)67(61)59-24-12-10-22-55(59)56-23-11-13-25-60(56)67/h1-44H. The zero-order valence-electron chi connectivity index (χ0n) is 38.6. The molecule has 71 heavy (non-hydrogen) atoms. The van der Waals surface area contributed by atoms with Crippen LogP contribution in [0.15, 0.2) is 267 Å². The van der Waals surface area contributed by atoms with Crippen molar-refractivity contribution >= 4 is 34.1 Å². The fourth-order valence-electron chi connectivity index (χ4n) is 11.4. The Kier molecular flexibility index (Phi) is 9.39. The first kappa shape index (κ1) is 40.7. The number of rotatable bonds is 8. The first-order valence-electron chi connectivity index (χ1n) is 24.2. The minimum Gasteiger partial charge on any atom is -0.450 e. The van der Waals surface area contributed by atoms with Crippen molar-refractivity contribution < 1.29 is 9.47 Å². The summed E-state index contributed by atoms with van der Waals surface area (Å²) in [5.74, 6) is 2.89. The van der Waals surface area contributed by atoms with E-state index in [1.807, 2.05) is 24.3 Å². The van der Waals surface area contributed by atoms with E-state index < -0.39 is 5.41 Å². The molecule has 0 saturated carbocycles. The van der Waals surface area contributed by atoms with Crippen molar-refractivity contribution in [1.29, 1.82) is 0 Å². The van der Waals surface area contributed by atoms with Crippen LogP contribution >= 0.6 is 0 Å². The minimum atomic E-state index is -0.527. The van der Waals surface area contributed by atoms with Crippen molar-refractivity contribution in [1.82, 2.24) is 0 Å². The van der Waals surface area contributed by atoms with Crippen molar-refractivity contribution in [3.63, 3.8) is 0 Å². The summed E-state index contributed by atoms with van der Waals surface area (Å²) in [5, 5.41) is 0. The van der Waals surface area contributed by atoms with Crippen LogP contribution in [0.3, 0.4) is 0 Å². The van der Waals surface area contributed by atoms with Gasteiger partial charge in [0.2, 0.25) is 0 Å². The lowest BCUT2D eigenvalue weighted by Crippen LogP contribution is -2.26. The number of hydrogen-bond acceptors (Lipinski definition) is 4. The monoisotopic (exact) mass is 908 g/mol. The van der Waals surface area contributed by atoms with Crippen LogP contribution in [-0.4, -0.2) is 0 Å². The maximum Gasteiger partial charge on any atom is 0.170 e. The molecule has 0 unspecified atom stereocenters. The topological polar surface area (TPSA) is 24.9 Å². The van der Waals surface area contributed by atoms with E-state index in [0.717, 1.165) is 73.8 Å². The van der Waals surface area contributed by atoms with Gasteiger partial charge in [-0.15, -0.1) is 0 Å². The summed E-state index contributed by atoms with van der Waals surface area (Å²) in [7, 11) is 0. The highest BCUT2D eigenvalue weighted by Crippen LogP contribution is 2.65. The predicted octanol–water partition coefficient (Wildman–Crippen LogP) is 18.2. The van der Waals surface area contributed by atoms with Crippen LogP contribution in [0.4, 0.5) is 34.1 Å². The molecule has 14 rings (SSSR count). The Hall–Kier alpha value is -9.38. The number of benzene rings is 11. The van der Waals surface area contributed by atoms with Crippen molar-refractivity contribution in [2.24, 2.45) is 0 Å². The maximum absolute atomic E-state index is 6.62. The highest BCUT2D eigenvalue weighted by atomic mass is 16.6. The lowest BCUT2D eigenvalue weighted by atomic mass is 9.70. The molecule has 11 aromatic carbocycles. The molecule has 1 spiro atoms. The fourth-order valence-corrected chi connectivity index (χ4v) is 11.4. The van der Waals surface area contributed by atoms with Gasteiger partial charge in [-0.1, -0.05) is 164 Å². The van der Waals surface area contributed by atoms with Crippen LogP contribution in [0, 0.1) is 0 Å². The average molecular weight is 909 g/mol. The molecular weight excluding hydrogens is 865 g/mol. The summed E-state index contributed by atoms with van der Waals surface area (Å²) in [6.07, 6.45) is 0. The summed E-state index contributed by atoms with van der Waals surface area (Å²) in [4.78, 5) is 4.64. The second-order valence-corrected chi connectivity index (χ2v) is 18.4. The second-order valence-electron chi connectivity index (χ2n) is 18.4. The summed E-state index contributed by atoms with van der Waals surface area (Å²) in [6, 6.07) is 95.7. The average Bonchev–Trinajstić information content (AvgIpc) is 3.90. The molecule has 3 aliphatic rings. The van der Waals surface area contributed by atoms with E-state index in [1.54, 1.807) is 0 Å². The predicted molar refractivity (Wildman–Crippen MR) is 290 cm³/mol. The normalized spacial score (nSPS) is 12.8. The number of ether oxygens (including phenoxy) is 2. The lowest BCUT2D eigenvalue weighted by Gasteiger charge is -2.31. The Balaban J connectivity index is 0.874. The van der Waals surface area contributed by atoms with Crippen LogP contribution in [0.5, 0.6) is 23.0 Å². The molecule has 0 saturated heterocycles. The number of nitrogens with zero attached hydrogens (tertiary/aromatic N) is 2. The Labute approximate surface area is 413 Å². The molecule has 1 heterocycles. The van der Waals surface area contributed by atoms with Gasteiger partial charge in [-0.25, -0.2) is 0 Å². The zero-order valence-corrected chi connectivity index (χ0v) is 38.6. The van der Waals surface area contributed by atoms with Gasteiger partial charge in [-0.3, -0.25) is 0 Å². The highest BCUT2D eigenvalue weighted by molar-refractivity contribution is 5.97. The van der Waals surface area contributed by atoms with Crippen LogP contribution < -0.4 is 19.3 Å². The summed E-state index contributed by atoms with van der Waals surface area (Å²) < 4.78 is 13.2. The van der Waals surface area contributed by atoms with Crippen molar-refractivity contribution in [3.8, 4) is 67.5 Å². The maximum atomic E-state index is 6.62. The third-order valence-electron chi connectivity index (χ3n) is 14.5. The van der Waals surface area contributed by atoms with Crippen molar-refractivity contribution in [2.45, 2.75) is 5.41 Å². The number of para-hydroxylation sites is 4. The Morgan fingerprint density at radius 2 is 0.577 bits per heavy atom. The molecule has 1 aliphatic heterocycles. The molecule has 0 atom stereocenters. The zero-order chi connectivity index (χ0) is 46.9. The van der Waals surface area contributed by atoms with Gasteiger partial charge >= 0.3 is 0 Å². The van der Waals surface area contributed by atoms with Gasteiger partial charge in [0.15, 0.2) is 23.0 Å². The lowest BCUT2D eigenvalue weighted by molar-refractivity contribution is 0.359.